The quantitative estimate of drug-likeness (QED) is 0.442. The first-order chi connectivity index (χ1) is 12.9. The van der Waals surface area contributed by atoms with Gasteiger partial charge in [0.15, 0.2) is 0 Å². The Kier molecular flexibility index (Phi) is 6.17. The van der Waals surface area contributed by atoms with Gasteiger partial charge in [-0.25, -0.2) is 0 Å². The van der Waals surface area contributed by atoms with Crippen LogP contribution in [0.15, 0.2) is 33.7 Å². The smallest absolute Gasteiger partial charge is 0.260 e. The van der Waals surface area contributed by atoms with Gasteiger partial charge in [0, 0.05) is 24.2 Å². The van der Waals surface area contributed by atoms with Crippen molar-refractivity contribution in [2.45, 2.75) is 40.2 Å². The summed E-state index contributed by atoms with van der Waals surface area (Å²) >= 11 is 3.61. The third kappa shape index (κ3) is 4.01. The van der Waals surface area contributed by atoms with Crippen LogP contribution in [-0.4, -0.2) is 27.9 Å². The first-order valence-corrected chi connectivity index (χ1v) is 10.1. The molecule has 144 valence electrons. The van der Waals surface area contributed by atoms with Crippen LogP contribution in [0.2, 0.25) is 0 Å². The second-order valence-corrected chi connectivity index (χ2v) is 8.04. The van der Waals surface area contributed by atoms with E-state index in [0.717, 1.165) is 33.6 Å². The van der Waals surface area contributed by atoms with Gasteiger partial charge in [-0.1, -0.05) is 13.8 Å². The van der Waals surface area contributed by atoms with Crippen molar-refractivity contribution in [3.63, 3.8) is 0 Å². The summed E-state index contributed by atoms with van der Waals surface area (Å²) in [5, 5.41) is 11.9. The summed E-state index contributed by atoms with van der Waals surface area (Å²) < 4.78 is 8.43. The molecule has 0 aliphatic carbocycles. The molecule has 0 fully saturated rings. The average molecular weight is 433 g/mol. The molecule has 0 aliphatic heterocycles. The van der Waals surface area contributed by atoms with Crippen LogP contribution >= 0.6 is 15.9 Å². The van der Waals surface area contributed by atoms with Crippen LogP contribution in [0.5, 0.6) is 5.75 Å². The predicted octanol–water partition coefficient (Wildman–Crippen LogP) is 4.43. The molecule has 0 saturated carbocycles. The topological polar surface area (TPSA) is 64.4 Å². The lowest BCUT2D eigenvalue weighted by Crippen LogP contribution is -2.23. The normalized spacial score (nSPS) is 11.6. The molecule has 2 heterocycles. The minimum atomic E-state index is -0.134. The van der Waals surface area contributed by atoms with Crippen molar-refractivity contribution in [1.29, 1.82) is 0 Å². The Hall–Kier alpha value is -1.92. The molecule has 0 radical (unpaired) electrons. The van der Waals surface area contributed by atoms with Gasteiger partial charge >= 0.3 is 0 Å². The lowest BCUT2D eigenvalue weighted by atomic mass is 10.1. The van der Waals surface area contributed by atoms with Crippen LogP contribution in [0, 0.1) is 12.8 Å². The van der Waals surface area contributed by atoms with E-state index >= 15 is 0 Å². The standard InChI is InChI=1S/C21H25BrN2O3/c1-13(2)5-4-10-27-19-12-18-16(11-17(19)22)15-6-7-23-14(3)20(15)21(26)24(18)8-9-25/h6-7,11-13,25H,4-5,8-10H2,1-3H3. The number of nitrogens with zero attached hydrogens (tertiary/aromatic N) is 2. The van der Waals surface area contributed by atoms with Crippen LogP contribution in [0.25, 0.3) is 21.7 Å². The summed E-state index contributed by atoms with van der Waals surface area (Å²) in [5.74, 6) is 1.36. The van der Waals surface area contributed by atoms with Crippen LogP contribution in [0.4, 0.5) is 0 Å². The van der Waals surface area contributed by atoms with Gasteiger partial charge in [-0.3, -0.25) is 9.78 Å². The number of fused-ring (bicyclic) bond motifs is 3. The number of pyridine rings is 2. The lowest BCUT2D eigenvalue weighted by Gasteiger charge is -2.16. The molecule has 3 rings (SSSR count). The number of aromatic nitrogens is 2. The molecule has 2 aromatic heterocycles. The molecule has 0 aliphatic rings. The summed E-state index contributed by atoms with van der Waals surface area (Å²) in [6.45, 7) is 6.97. The third-order valence-electron chi connectivity index (χ3n) is 4.74. The molecular formula is C21H25BrN2O3. The van der Waals surface area contributed by atoms with E-state index in [1.807, 2.05) is 25.1 Å². The number of halogens is 1. The van der Waals surface area contributed by atoms with E-state index in [0.29, 0.717) is 29.4 Å². The molecule has 1 aromatic carbocycles. The molecule has 0 atom stereocenters. The number of rotatable bonds is 7. The minimum absolute atomic E-state index is 0.111. The molecule has 0 amide bonds. The Morgan fingerprint density at radius 2 is 2.07 bits per heavy atom. The number of hydrogen-bond acceptors (Lipinski definition) is 4. The first-order valence-electron chi connectivity index (χ1n) is 9.29. The van der Waals surface area contributed by atoms with Crippen molar-refractivity contribution in [2.75, 3.05) is 13.2 Å². The summed E-state index contributed by atoms with van der Waals surface area (Å²) in [5.41, 5.74) is 1.32. The zero-order chi connectivity index (χ0) is 19.6. The van der Waals surface area contributed by atoms with E-state index in [2.05, 4.69) is 34.8 Å². The van der Waals surface area contributed by atoms with Gasteiger partial charge in [0.05, 0.1) is 34.3 Å². The number of benzene rings is 1. The van der Waals surface area contributed by atoms with Crippen molar-refractivity contribution in [3.05, 3.63) is 44.9 Å². The van der Waals surface area contributed by atoms with Crippen LogP contribution in [0.1, 0.15) is 32.4 Å². The van der Waals surface area contributed by atoms with Crippen LogP contribution in [0.3, 0.4) is 0 Å². The van der Waals surface area contributed by atoms with Crippen molar-refractivity contribution < 1.29 is 9.84 Å². The van der Waals surface area contributed by atoms with Gasteiger partial charge < -0.3 is 14.4 Å². The zero-order valence-corrected chi connectivity index (χ0v) is 17.5. The minimum Gasteiger partial charge on any atom is -0.492 e. The van der Waals surface area contributed by atoms with Crippen molar-refractivity contribution in [3.8, 4) is 5.75 Å². The molecule has 3 aromatic rings. The molecule has 0 saturated heterocycles. The molecule has 27 heavy (non-hydrogen) atoms. The Labute approximate surface area is 167 Å². The van der Waals surface area contributed by atoms with Gasteiger partial charge in [-0.15, -0.1) is 0 Å². The number of hydrogen-bond donors (Lipinski definition) is 1. The fourth-order valence-corrected chi connectivity index (χ4v) is 3.85. The number of aryl methyl sites for hydroxylation is 1. The number of aliphatic hydroxyl groups excluding tert-OH is 1. The molecule has 0 spiro atoms. The SMILES string of the molecule is Cc1nccc2c1c(=O)n(CCO)c1cc(OCCCC(C)C)c(Br)cc21. The van der Waals surface area contributed by atoms with Gasteiger partial charge in [0.25, 0.3) is 5.56 Å². The van der Waals surface area contributed by atoms with Gasteiger partial charge in [-0.2, -0.15) is 0 Å². The summed E-state index contributed by atoms with van der Waals surface area (Å²) in [6.07, 6.45) is 3.81. The fourth-order valence-electron chi connectivity index (χ4n) is 3.39. The number of ether oxygens (including phenoxy) is 1. The highest BCUT2D eigenvalue weighted by Gasteiger charge is 2.15. The van der Waals surface area contributed by atoms with E-state index in [9.17, 15) is 9.90 Å². The lowest BCUT2D eigenvalue weighted by molar-refractivity contribution is 0.276. The predicted molar refractivity (Wildman–Crippen MR) is 113 cm³/mol. The molecule has 0 unspecified atom stereocenters. The molecule has 1 N–H and O–H groups in total. The monoisotopic (exact) mass is 432 g/mol. The van der Waals surface area contributed by atoms with Crippen LogP contribution < -0.4 is 10.3 Å². The highest BCUT2D eigenvalue weighted by atomic mass is 79.9. The summed E-state index contributed by atoms with van der Waals surface area (Å²) in [6, 6.07) is 5.74. The summed E-state index contributed by atoms with van der Waals surface area (Å²) in [4.78, 5) is 17.3. The Balaban J connectivity index is 2.16. The van der Waals surface area contributed by atoms with E-state index in [1.165, 1.54) is 0 Å². The van der Waals surface area contributed by atoms with Crippen LogP contribution in [-0.2, 0) is 6.54 Å². The maximum absolute atomic E-state index is 13.0. The highest BCUT2D eigenvalue weighted by molar-refractivity contribution is 9.10. The maximum Gasteiger partial charge on any atom is 0.260 e. The molecule has 0 bridgehead atoms. The van der Waals surface area contributed by atoms with Crippen molar-refractivity contribution >= 4 is 37.6 Å². The Bertz CT molecular complexity index is 1030. The van der Waals surface area contributed by atoms with Gasteiger partial charge in [0.2, 0.25) is 0 Å². The highest BCUT2D eigenvalue weighted by Crippen LogP contribution is 2.33. The fraction of sp³-hybridized carbons (Fsp3) is 0.429. The second-order valence-electron chi connectivity index (χ2n) is 7.18. The second kappa shape index (κ2) is 8.40. The van der Waals surface area contributed by atoms with Crippen molar-refractivity contribution in [1.82, 2.24) is 9.55 Å². The van der Waals surface area contributed by atoms with E-state index in [4.69, 9.17) is 4.74 Å². The number of aliphatic hydroxyl groups is 1. The maximum atomic E-state index is 13.0. The van der Waals surface area contributed by atoms with Gasteiger partial charge in [0.1, 0.15) is 5.75 Å². The van der Waals surface area contributed by atoms with Crippen molar-refractivity contribution in [2.24, 2.45) is 5.92 Å². The zero-order valence-electron chi connectivity index (χ0n) is 16.0. The van der Waals surface area contributed by atoms with E-state index < -0.39 is 0 Å². The Morgan fingerprint density at radius 1 is 1.30 bits per heavy atom. The summed E-state index contributed by atoms with van der Waals surface area (Å²) in [7, 11) is 0. The Morgan fingerprint density at radius 3 is 2.78 bits per heavy atom. The molecule has 6 heteroatoms. The molecule has 5 nitrogen and oxygen atoms in total. The largest absolute Gasteiger partial charge is 0.492 e. The third-order valence-corrected chi connectivity index (χ3v) is 5.36. The van der Waals surface area contributed by atoms with Gasteiger partial charge in [-0.05, 0) is 59.1 Å². The molecular weight excluding hydrogens is 408 g/mol. The first kappa shape index (κ1) is 19.8. The van der Waals surface area contributed by atoms with E-state index in [-0.39, 0.29) is 18.7 Å². The van der Waals surface area contributed by atoms with E-state index in [1.54, 1.807) is 10.8 Å². The average Bonchev–Trinajstić information content (AvgIpc) is 2.62.